The topological polar surface area (TPSA) is 91.6 Å². The van der Waals surface area contributed by atoms with Gasteiger partial charge in [0, 0.05) is 18.0 Å². The molecule has 1 atom stereocenters. The third-order valence-corrected chi connectivity index (χ3v) is 6.62. The van der Waals surface area contributed by atoms with Crippen LogP contribution in [0.1, 0.15) is 48.7 Å². The maximum absolute atomic E-state index is 12.9. The molecule has 4 rings (SSSR count). The minimum absolute atomic E-state index is 0.0573. The molecule has 0 fully saturated rings. The van der Waals surface area contributed by atoms with Crippen LogP contribution in [0.5, 0.6) is 0 Å². The number of aromatic amines is 1. The molecule has 0 aromatic carbocycles. The van der Waals surface area contributed by atoms with Gasteiger partial charge in [0.25, 0.3) is 5.56 Å². The van der Waals surface area contributed by atoms with Gasteiger partial charge >= 0.3 is 0 Å². The normalized spacial score (nSPS) is 15.1. The third-order valence-electron chi connectivity index (χ3n) is 5.44. The Hall–Kier alpha value is -2.00. The molecule has 3 heterocycles. The van der Waals surface area contributed by atoms with Gasteiger partial charge in [-0.15, -0.1) is 11.3 Å². The largest absolute Gasteiger partial charge is 0.468 e. The number of fused-ring (bicyclic) bond motifs is 3. The van der Waals surface area contributed by atoms with E-state index in [1.165, 1.54) is 16.9 Å². The number of nitrogens with one attached hydrogen (secondary N) is 1. The molecular formula is C23H31N3O4S. The van der Waals surface area contributed by atoms with E-state index in [-0.39, 0.29) is 12.2 Å². The lowest BCUT2D eigenvalue weighted by Crippen LogP contribution is -2.35. The molecule has 0 radical (unpaired) electrons. The molecule has 168 valence electrons. The van der Waals surface area contributed by atoms with Crippen molar-refractivity contribution >= 4 is 21.6 Å². The van der Waals surface area contributed by atoms with Crippen LogP contribution in [0.2, 0.25) is 0 Å². The Morgan fingerprint density at radius 1 is 1.29 bits per heavy atom. The molecule has 0 bridgehead atoms. The number of hydrogen-bond donors (Lipinski definition) is 2. The van der Waals surface area contributed by atoms with E-state index >= 15 is 0 Å². The molecule has 0 spiro atoms. The Morgan fingerprint density at radius 3 is 2.90 bits per heavy atom. The summed E-state index contributed by atoms with van der Waals surface area (Å²) in [6, 6.07) is 3.75. The van der Waals surface area contributed by atoms with Gasteiger partial charge in [-0.3, -0.25) is 9.69 Å². The van der Waals surface area contributed by atoms with Crippen LogP contribution in [0.4, 0.5) is 0 Å². The number of aliphatic hydroxyl groups is 1. The predicted molar refractivity (Wildman–Crippen MR) is 121 cm³/mol. The second kappa shape index (κ2) is 10.1. The van der Waals surface area contributed by atoms with E-state index in [0.717, 1.165) is 35.2 Å². The van der Waals surface area contributed by atoms with Gasteiger partial charge in [0.05, 0.1) is 37.4 Å². The van der Waals surface area contributed by atoms with E-state index in [1.54, 1.807) is 17.6 Å². The van der Waals surface area contributed by atoms with Crippen molar-refractivity contribution in [1.82, 2.24) is 14.9 Å². The van der Waals surface area contributed by atoms with Gasteiger partial charge in [0.2, 0.25) is 0 Å². The zero-order valence-electron chi connectivity index (χ0n) is 18.2. The van der Waals surface area contributed by atoms with Crippen molar-refractivity contribution in [3.63, 3.8) is 0 Å². The molecule has 1 aliphatic carbocycles. The number of H-pyrrole nitrogens is 1. The number of aliphatic hydroxyl groups excluding tert-OH is 1. The van der Waals surface area contributed by atoms with E-state index in [2.05, 4.69) is 18.8 Å². The summed E-state index contributed by atoms with van der Waals surface area (Å²) in [6.07, 6.45) is 5.31. The summed E-state index contributed by atoms with van der Waals surface area (Å²) in [7, 11) is 0. The highest BCUT2D eigenvalue weighted by Gasteiger charge is 2.21. The first-order chi connectivity index (χ1) is 15.0. The SMILES string of the molecule is CC(C)COC[C@@H](O)CN(Cc1nc2sc3c(c2c(=O)[nH]1)CCCC3)Cc1ccco1. The van der Waals surface area contributed by atoms with Crippen molar-refractivity contribution in [2.24, 2.45) is 5.92 Å². The number of hydrogen-bond acceptors (Lipinski definition) is 7. The van der Waals surface area contributed by atoms with Gasteiger partial charge in [-0.2, -0.15) is 0 Å². The van der Waals surface area contributed by atoms with Gasteiger partial charge in [0.15, 0.2) is 0 Å². The Bertz CT molecular complexity index is 1040. The van der Waals surface area contributed by atoms with E-state index in [1.807, 2.05) is 17.0 Å². The standard InChI is InChI=1S/C23H31N3O4S/c1-15(2)13-29-14-16(27)10-26(11-17-6-5-9-30-17)12-20-24-22(28)21-18-7-3-4-8-19(18)31-23(21)25-20/h5-6,9,15-16,27H,3-4,7-8,10-14H2,1-2H3,(H,24,25,28)/t16-/m0/s1. The van der Waals surface area contributed by atoms with Crippen LogP contribution < -0.4 is 5.56 Å². The smallest absolute Gasteiger partial charge is 0.259 e. The zero-order chi connectivity index (χ0) is 21.8. The molecule has 0 saturated heterocycles. The van der Waals surface area contributed by atoms with Crippen molar-refractivity contribution in [2.75, 3.05) is 19.8 Å². The van der Waals surface area contributed by atoms with Crippen molar-refractivity contribution in [3.05, 3.63) is 50.8 Å². The molecule has 31 heavy (non-hydrogen) atoms. The lowest BCUT2D eigenvalue weighted by molar-refractivity contribution is 0.00421. The van der Waals surface area contributed by atoms with Crippen LogP contribution in [0.25, 0.3) is 10.2 Å². The van der Waals surface area contributed by atoms with Crippen molar-refractivity contribution in [2.45, 2.75) is 58.7 Å². The molecule has 0 saturated carbocycles. The number of rotatable bonds is 10. The highest BCUT2D eigenvalue weighted by Crippen LogP contribution is 2.33. The maximum atomic E-state index is 12.9. The summed E-state index contributed by atoms with van der Waals surface area (Å²) in [4.78, 5) is 24.8. The van der Waals surface area contributed by atoms with Gasteiger partial charge in [-0.05, 0) is 49.3 Å². The third kappa shape index (κ3) is 5.63. The number of nitrogens with zero attached hydrogens (tertiary/aromatic N) is 2. The fraction of sp³-hybridized carbons (Fsp3) is 0.565. The van der Waals surface area contributed by atoms with Gasteiger partial charge in [-0.1, -0.05) is 13.8 Å². The predicted octanol–water partition coefficient (Wildman–Crippen LogP) is 3.49. The summed E-state index contributed by atoms with van der Waals surface area (Å²) < 4.78 is 11.1. The first-order valence-electron chi connectivity index (χ1n) is 11.0. The molecule has 0 aliphatic heterocycles. The van der Waals surface area contributed by atoms with Crippen LogP contribution in [0.15, 0.2) is 27.6 Å². The van der Waals surface area contributed by atoms with E-state index in [9.17, 15) is 9.90 Å². The summed E-state index contributed by atoms with van der Waals surface area (Å²) >= 11 is 1.65. The Kier molecular flexibility index (Phi) is 7.22. The quantitative estimate of drug-likeness (QED) is 0.496. The van der Waals surface area contributed by atoms with Gasteiger partial charge in [-0.25, -0.2) is 4.98 Å². The van der Waals surface area contributed by atoms with Gasteiger partial charge in [0.1, 0.15) is 16.4 Å². The minimum Gasteiger partial charge on any atom is -0.468 e. The van der Waals surface area contributed by atoms with Crippen LogP contribution in [-0.4, -0.2) is 45.8 Å². The molecule has 7 nitrogen and oxygen atoms in total. The lowest BCUT2D eigenvalue weighted by atomic mass is 9.97. The molecular weight excluding hydrogens is 414 g/mol. The minimum atomic E-state index is -0.641. The summed E-state index contributed by atoms with van der Waals surface area (Å²) in [6.45, 7) is 6.36. The average molecular weight is 446 g/mol. The molecule has 3 aromatic heterocycles. The van der Waals surface area contributed by atoms with Crippen molar-refractivity contribution < 1.29 is 14.3 Å². The summed E-state index contributed by atoms with van der Waals surface area (Å²) in [5, 5.41) is 11.3. The average Bonchev–Trinajstić information content (AvgIpc) is 3.34. The first kappa shape index (κ1) is 22.2. The highest BCUT2D eigenvalue weighted by molar-refractivity contribution is 7.18. The molecule has 0 unspecified atom stereocenters. The van der Waals surface area contributed by atoms with Crippen LogP contribution in [0.3, 0.4) is 0 Å². The molecule has 2 N–H and O–H groups in total. The van der Waals surface area contributed by atoms with Crippen LogP contribution >= 0.6 is 11.3 Å². The maximum Gasteiger partial charge on any atom is 0.259 e. The first-order valence-corrected chi connectivity index (χ1v) is 11.8. The number of aryl methyl sites for hydroxylation is 2. The Labute approximate surface area is 186 Å². The van der Waals surface area contributed by atoms with E-state index in [0.29, 0.717) is 38.0 Å². The highest BCUT2D eigenvalue weighted by atomic mass is 32.1. The number of ether oxygens (including phenoxy) is 1. The van der Waals surface area contributed by atoms with Crippen LogP contribution in [0, 0.1) is 5.92 Å². The lowest BCUT2D eigenvalue weighted by Gasteiger charge is -2.24. The summed E-state index contributed by atoms with van der Waals surface area (Å²) in [5.41, 5.74) is 1.13. The Balaban J connectivity index is 1.51. The fourth-order valence-electron chi connectivity index (χ4n) is 4.09. The van der Waals surface area contributed by atoms with E-state index in [4.69, 9.17) is 14.1 Å². The number of furan rings is 1. The number of aromatic nitrogens is 2. The molecule has 8 heteroatoms. The van der Waals surface area contributed by atoms with Crippen molar-refractivity contribution in [1.29, 1.82) is 0 Å². The second-order valence-corrected chi connectivity index (χ2v) is 9.82. The molecule has 3 aromatic rings. The fourth-order valence-corrected chi connectivity index (χ4v) is 5.37. The number of thiophene rings is 1. The van der Waals surface area contributed by atoms with Crippen molar-refractivity contribution in [3.8, 4) is 0 Å². The van der Waals surface area contributed by atoms with Crippen LogP contribution in [-0.2, 0) is 30.7 Å². The summed E-state index contributed by atoms with van der Waals surface area (Å²) in [5.74, 6) is 1.83. The second-order valence-electron chi connectivity index (χ2n) is 8.74. The Morgan fingerprint density at radius 2 is 2.13 bits per heavy atom. The monoisotopic (exact) mass is 445 g/mol. The zero-order valence-corrected chi connectivity index (χ0v) is 19.0. The molecule has 1 aliphatic rings. The van der Waals surface area contributed by atoms with Gasteiger partial charge < -0.3 is 19.2 Å². The molecule has 0 amide bonds. The van der Waals surface area contributed by atoms with E-state index < -0.39 is 6.10 Å².